The van der Waals surface area contributed by atoms with E-state index in [1.165, 1.54) is 154 Å². The lowest BCUT2D eigenvalue weighted by Gasteiger charge is -2.46. The van der Waals surface area contributed by atoms with Crippen LogP contribution in [0.15, 0.2) is 12.2 Å². The van der Waals surface area contributed by atoms with E-state index in [1.54, 1.807) is 6.08 Å². The molecule has 0 saturated carbocycles. The van der Waals surface area contributed by atoms with E-state index in [0.717, 1.165) is 38.5 Å². The monoisotopic (exact) mass is 946 g/mol. The van der Waals surface area contributed by atoms with Crippen molar-refractivity contribution >= 4 is 5.91 Å². The second kappa shape index (κ2) is 39.5. The van der Waals surface area contributed by atoms with E-state index in [0.29, 0.717) is 6.42 Å². The molecule has 2 fully saturated rings. The van der Waals surface area contributed by atoms with Crippen molar-refractivity contribution in [2.75, 3.05) is 19.8 Å². The zero-order valence-corrected chi connectivity index (χ0v) is 41.5. The summed E-state index contributed by atoms with van der Waals surface area (Å²) in [6, 6.07) is -0.908. The molecule has 12 unspecified atom stereocenters. The Bertz CT molecular complexity index is 1160. The van der Waals surface area contributed by atoms with Gasteiger partial charge in [0, 0.05) is 6.42 Å². The first-order valence-electron chi connectivity index (χ1n) is 26.9. The van der Waals surface area contributed by atoms with Gasteiger partial charge in [0.25, 0.3) is 0 Å². The van der Waals surface area contributed by atoms with Gasteiger partial charge in [-0.15, -0.1) is 0 Å². The van der Waals surface area contributed by atoms with E-state index in [2.05, 4.69) is 19.2 Å². The van der Waals surface area contributed by atoms with Crippen LogP contribution in [-0.4, -0.2) is 140 Å². The van der Waals surface area contributed by atoms with Crippen LogP contribution in [0.2, 0.25) is 0 Å². The summed E-state index contributed by atoms with van der Waals surface area (Å²) >= 11 is 0. The van der Waals surface area contributed by atoms with E-state index >= 15 is 0 Å². The molecule has 390 valence electrons. The van der Waals surface area contributed by atoms with Crippen LogP contribution in [0.1, 0.15) is 219 Å². The molecule has 0 aromatic rings. The maximum absolute atomic E-state index is 13.2. The summed E-state index contributed by atoms with van der Waals surface area (Å²) in [6.07, 6.45) is 25.3. The molecule has 0 radical (unpaired) electrons. The Morgan fingerprint density at radius 2 is 0.939 bits per heavy atom. The van der Waals surface area contributed by atoms with Gasteiger partial charge in [0.2, 0.25) is 5.91 Å². The van der Waals surface area contributed by atoms with Crippen LogP contribution in [0.4, 0.5) is 0 Å². The van der Waals surface area contributed by atoms with Crippen LogP contribution in [0.25, 0.3) is 0 Å². The average molecular weight is 946 g/mol. The molecule has 14 heteroatoms. The van der Waals surface area contributed by atoms with Gasteiger partial charge in [-0.3, -0.25) is 4.79 Å². The number of carbonyl (C=O) groups is 1. The molecule has 9 N–H and O–H groups in total. The largest absolute Gasteiger partial charge is 0.394 e. The Morgan fingerprint density at radius 3 is 1.39 bits per heavy atom. The lowest BCUT2D eigenvalue weighted by atomic mass is 9.97. The first kappa shape index (κ1) is 60.9. The minimum atomic E-state index is -1.78. The molecule has 0 aliphatic carbocycles. The van der Waals surface area contributed by atoms with Gasteiger partial charge < -0.3 is 65.1 Å². The fourth-order valence-corrected chi connectivity index (χ4v) is 9.06. The van der Waals surface area contributed by atoms with Crippen molar-refractivity contribution in [2.45, 2.75) is 293 Å². The maximum atomic E-state index is 13.2. The summed E-state index contributed by atoms with van der Waals surface area (Å²) in [6.45, 7) is 2.80. The van der Waals surface area contributed by atoms with Crippen LogP contribution in [0.5, 0.6) is 0 Å². The highest BCUT2D eigenvalue weighted by atomic mass is 16.7. The predicted molar refractivity (Wildman–Crippen MR) is 259 cm³/mol. The Labute approximate surface area is 399 Å². The van der Waals surface area contributed by atoms with Crippen LogP contribution in [0.3, 0.4) is 0 Å². The van der Waals surface area contributed by atoms with E-state index in [9.17, 15) is 45.6 Å². The Hall–Kier alpha value is -1.27. The number of aliphatic hydroxyl groups excluding tert-OH is 8. The fourth-order valence-electron chi connectivity index (χ4n) is 9.06. The zero-order chi connectivity index (χ0) is 48.2. The normalized spacial score (nSPS) is 26.8. The smallest absolute Gasteiger partial charge is 0.220 e. The molecule has 0 aromatic heterocycles. The number of ether oxygens (including phenoxy) is 4. The van der Waals surface area contributed by atoms with Gasteiger partial charge in [-0.05, 0) is 19.3 Å². The number of hydrogen-bond donors (Lipinski definition) is 9. The van der Waals surface area contributed by atoms with E-state index in [1.807, 2.05) is 6.08 Å². The van der Waals surface area contributed by atoms with Crippen molar-refractivity contribution in [3.8, 4) is 0 Å². The topological polar surface area (TPSA) is 228 Å². The van der Waals surface area contributed by atoms with Gasteiger partial charge in [-0.1, -0.05) is 206 Å². The Morgan fingerprint density at radius 1 is 0.530 bits per heavy atom. The third-order valence-electron chi connectivity index (χ3n) is 13.5. The number of amides is 1. The van der Waals surface area contributed by atoms with Crippen LogP contribution >= 0.6 is 0 Å². The van der Waals surface area contributed by atoms with Crippen molar-refractivity contribution in [2.24, 2.45) is 0 Å². The minimum absolute atomic E-state index is 0.236. The van der Waals surface area contributed by atoms with Crippen LogP contribution < -0.4 is 5.32 Å². The summed E-state index contributed by atoms with van der Waals surface area (Å²) in [5.41, 5.74) is 0. The van der Waals surface area contributed by atoms with Gasteiger partial charge in [0.15, 0.2) is 12.6 Å². The molecule has 0 bridgehead atoms. The highest BCUT2D eigenvalue weighted by molar-refractivity contribution is 5.76. The van der Waals surface area contributed by atoms with Crippen molar-refractivity contribution in [1.29, 1.82) is 0 Å². The third kappa shape index (κ3) is 26.1. The molecule has 0 aromatic carbocycles. The molecule has 2 heterocycles. The Balaban J connectivity index is 1.83. The van der Waals surface area contributed by atoms with E-state index < -0.39 is 86.8 Å². The number of allylic oxidation sites excluding steroid dienone is 1. The SMILES string of the molecule is CCCCCCCCCCCCCCCC/C=C/C(O)C(COC1OC(CO)C(OC2OC(CO)C(O)C(O)C2O)C(O)C1O)NC(=O)CCCCCCCCCCCCCCCCCC. The number of nitrogens with one attached hydrogen (secondary N) is 1. The number of unbranched alkanes of at least 4 members (excludes halogenated alkanes) is 29. The molecule has 12 atom stereocenters. The standard InChI is InChI=1S/C52H99NO13/c1-3-5-7-9-11-13-15-17-19-21-23-25-27-29-31-33-35-41(56)40(53-44(57)36-34-32-30-28-26-24-22-20-18-16-14-12-10-8-6-4-2)39-63-51-49(62)47(60)50(43(38-55)65-51)66-52-48(61)46(59)45(58)42(37-54)64-52/h33,35,40-43,45-52,54-56,58-62H,3-32,34,36-39H2,1-2H3,(H,53,57)/b35-33+. The molecule has 1 amide bonds. The van der Waals surface area contributed by atoms with Crippen molar-refractivity contribution in [1.82, 2.24) is 5.32 Å². The van der Waals surface area contributed by atoms with E-state index in [4.69, 9.17) is 18.9 Å². The number of carbonyl (C=O) groups excluding carboxylic acids is 1. The van der Waals surface area contributed by atoms with Gasteiger partial charge >= 0.3 is 0 Å². The second-order valence-electron chi connectivity index (χ2n) is 19.4. The van der Waals surface area contributed by atoms with E-state index in [-0.39, 0.29) is 18.9 Å². The first-order valence-corrected chi connectivity index (χ1v) is 26.9. The molecular formula is C52H99NO13. The lowest BCUT2D eigenvalue weighted by Crippen LogP contribution is -2.65. The number of hydrogen-bond acceptors (Lipinski definition) is 13. The number of aliphatic hydroxyl groups is 8. The third-order valence-corrected chi connectivity index (χ3v) is 13.5. The van der Waals surface area contributed by atoms with Crippen LogP contribution in [0, 0.1) is 0 Å². The summed E-state index contributed by atoms with van der Waals surface area (Å²) < 4.78 is 22.7. The quantitative estimate of drug-likeness (QED) is 0.0213. The molecule has 66 heavy (non-hydrogen) atoms. The average Bonchev–Trinajstić information content (AvgIpc) is 3.31. The van der Waals surface area contributed by atoms with Crippen molar-refractivity contribution < 1.29 is 64.6 Å². The lowest BCUT2D eigenvalue weighted by molar-refractivity contribution is -0.359. The highest BCUT2D eigenvalue weighted by Gasteiger charge is 2.51. The summed E-state index contributed by atoms with van der Waals surface area (Å²) in [4.78, 5) is 13.2. The van der Waals surface area contributed by atoms with Crippen LogP contribution in [-0.2, 0) is 23.7 Å². The first-order chi connectivity index (χ1) is 32.1. The molecule has 14 nitrogen and oxygen atoms in total. The molecule has 2 aliphatic heterocycles. The minimum Gasteiger partial charge on any atom is -0.394 e. The zero-order valence-electron chi connectivity index (χ0n) is 41.5. The molecule has 2 saturated heterocycles. The summed E-state index contributed by atoms with van der Waals surface area (Å²) in [7, 11) is 0. The molecule has 2 rings (SSSR count). The predicted octanol–water partition coefficient (Wildman–Crippen LogP) is 7.55. The fraction of sp³-hybridized carbons (Fsp3) is 0.942. The van der Waals surface area contributed by atoms with Gasteiger partial charge in [-0.25, -0.2) is 0 Å². The summed E-state index contributed by atoms with van der Waals surface area (Å²) in [5, 5.41) is 86.8. The van der Waals surface area contributed by atoms with Gasteiger partial charge in [-0.2, -0.15) is 0 Å². The van der Waals surface area contributed by atoms with Crippen molar-refractivity contribution in [3.05, 3.63) is 12.2 Å². The highest BCUT2D eigenvalue weighted by Crippen LogP contribution is 2.30. The molecule has 2 aliphatic rings. The summed E-state index contributed by atoms with van der Waals surface area (Å²) in [5.74, 6) is -0.236. The van der Waals surface area contributed by atoms with Gasteiger partial charge in [0.05, 0.1) is 32.0 Å². The maximum Gasteiger partial charge on any atom is 0.220 e. The van der Waals surface area contributed by atoms with Gasteiger partial charge in [0.1, 0.15) is 48.8 Å². The Kier molecular flexibility index (Phi) is 36.4. The molecular weight excluding hydrogens is 847 g/mol. The number of rotatable bonds is 42. The van der Waals surface area contributed by atoms with Crippen molar-refractivity contribution in [3.63, 3.8) is 0 Å². The molecule has 0 spiro atoms. The second-order valence-corrected chi connectivity index (χ2v) is 19.4.